The lowest BCUT2D eigenvalue weighted by atomic mass is 10.1. The van der Waals surface area contributed by atoms with Gasteiger partial charge in [-0.15, -0.1) is 0 Å². The second-order valence-corrected chi connectivity index (χ2v) is 5.22. The van der Waals surface area contributed by atoms with Gasteiger partial charge in [-0.3, -0.25) is 4.79 Å². The third-order valence-electron chi connectivity index (χ3n) is 2.86. The smallest absolute Gasteiger partial charge is 0.224 e. The van der Waals surface area contributed by atoms with E-state index < -0.39 is 0 Å². The Labute approximate surface area is 122 Å². The monoisotopic (exact) mass is 317 g/mol. The van der Waals surface area contributed by atoms with Gasteiger partial charge in [-0.1, -0.05) is 42.5 Å². The number of hydrogen-bond donors (Lipinski definition) is 1. The molecule has 2 aromatic carbocycles. The van der Waals surface area contributed by atoms with Crippen molar-refractivity contribution in [1.82, 2.24) is 0 Å². The first-order chi connectivity index (χ1) is 9.25. The van der Waals surface area contributed by atoms with Crippen LogP contribution in [0.25, 0.3) is 0 Å². The van der Waals surface area contributed by atoms with Gasteiger partial charge < -0.3 is 5.32 Å². The van der Waals surface area contributed by atoms with Crippen molar-refractivity contribution in [2.24, 2.45) is 0 Å². The van der Waals surface area contributed by atoms with Crippen LogP contribution in [0.1, 0.15) is 18.4 Å². The molecular weight excluding hydrogens is 302 g/mol. The average molecular weight is 318 g/mol. The van der Waals surface area contributed by atoms with Crippen molar-refractivity contribution in [2.75, 3.05) is 5.32 Å². The van der Waals surface area contributed by atoms with Crippen molar-refractivity contribution >= 4 is 27.5 Å². The van der Waals surface area contributed by atoms with Crippen LogP contribution in [0.4, 0.5) is 5.69 Å². The molecule has 3 heteroatoms. The van der Waals surface area contributed by atoms with Gasteiger partial charge in [0.05, 0.1) is 5.69 Å². The van der Waals surface area contributed by atoms with Crippen LogP contribution < -0.4 is 5.32 Å². The van der Waals surface area contributed by atoms with Crippen LogP contribution in [0.5, 0.6) is 0 Å². The van der Waals surface area contributed by atoms with Gasteiger partial charge in [0.15, 0.2) is 0 Å². The summed E-state index contributed by atoms with van der Waals surface area (Å²) in [6.07, 6.45) is 2.33. The molecule has 0 aliphatic rings. The Balaban J connectivity index is 1.78. The number of nitrogens with one attached hydrogen (secondary N) is 1. The molecule has 2 aromatic rings. The molecule has 1 amide bonds. The summed E-state index contributed by atoms with van der Waals surface area (Å²) in [6.45, 7) is 0. The first-order valence-corrected chi connectivity index (χ1v) is 7.13. The van der Waals surface area contributed by atoms with Crippen molar-refractivity contribution in [1.29, 1.82) is 0 Å². The van der Waals surface area contributed by atoms with E-state index in [1.807, 2.05) is 42.5 Å². The molecule has 0 heterocycles. The van der Waals surface area contributed by atoms with E-state index in [4.69, 9.17) is 0 Å². The number of hydrogen-bond acceptors (Lipinski definition) is 1. The first-order valence-electron chi connectivity index (χ1n) is 6.34. The van der Waals surface area contributed by atoms with E-state index in [1.165, 1.54) is 5.56 Å². The lowest BCUT2D eigenvalue weighted by Crippen LogP contribution is -2.11. The zero-order valence-corrected chi connectivity index (χ0v) is 12.2. The third-order valence-corrected chi connectivity index (χ3v) is 3.55. The van der Waals surface area contributed by atoms with Crippen LogP contribution >= 0.6 is 15.9 Å². The predicted molar refractivity (Wildman–Crippen MR) is 82.2 cm³/mol. The highest BCUT2D eigenvalue weighted by atomic mass is 79.9. The Morgan fingerprint density at radius 3 is 2.42 bits per heavy atom. The van der Waals surface area contributed by atoms with Crippen LogP contribution in [-0.2, 0) is 11.2 Å². The van der Waals surface area contributed by atoms with Gasteiger partial charge >= 0.3 is 0 Å². The number of para-hydroxylation sites is 1. The molecule has 0 spiro atoms. The molecule has 19 heavy (non-hydrogen) atoms. The summed E-state index contributed by atoms with van der Waals surface area (Å²) in [4.78, 5) is 11.8. The quantitative estimate of drug-likeness (QED) is 0.869. The molecule has 0 aliphatic carbocycles. The van der Waals surface area contributed by atoms with Crippen LogP contribution in [0.15, 0.2) is 59.1 Å². The molecule has 0 saturated heterocycles. The topological polar surface area (TPSA) is 29.1 Å². The minimum atomic E-state index is 0.0582. The number of rotatable bonds is 5. The van der Waals surface area contributed by atoms with Crippen molar-refractivity contribution in [3.8, 4) is 0 Å². The molecule has 0 fully saturated rings. The summed E-state index contributed by atoms with van der Waals surface area (Å²) < 4.78 is 0.909. The van der Waals surface area contributed by atoms with Gasteiger partial charge in [0.25, 0.3) is 0 Å². The summed E-state index contributed by atoms with van der Waals surface area (Å²) >= 11 is 3.41. The van der Waals surface area contributed by atoms with E-state index in [2.05, 4.69) is 33.4 Å². The van der Waals surface area contributed by atoms with Crippen LogP contribution in [-0.4, -0.2) is 5.91 Å². The fourth-order valence-corrected chi connectivity index (χ4v) is 2.26. The fourth-order valence-electron chi connectivity index (χ4n) is 1.87. The van der Waals surface area contributed by atoms with Gasteiger partial charge in [0, 0.05) is 10.9 Å². The number of carbonyl (C=O) groups is 1. The number of aryl methyl sites for hydroxylation is 1. The summed E-state index contributed by atoms with van der Waals surface area (Å²) in [6, 6.07) is 17.9. The van der Waals surface area contributed by atoms with Crippen LogP contribution in [0.2, 0.25) is 0 Å². The molecular formula is C16H16BrNO. The van der Waals surface area contributed by atoms with Crippen LogP contribution in [0, 0.1) is 0 Å². The van der Waals surface area contributed by atoms with E-state index in [0.717, 1.165) is 23.0 Å². The van der Waals surface area contributed by atoms with E-state index in [0.29, 0.717) is 6.42 Å². The lowest BCUT2D eigenvalue weighted by molar-refractivity contribution is -0.116. The van der Waals surface area contributed by atoms with Gasteiger partial charge in [-0.05, 0) is 46.5 Å². The second-order valence-electron chi connectivity index (χ2n) is 4.37. The predicted octanol–water partition coefficient (Wildman–Crippen LogP) is 4.41. The van der Waals surface area contributed by atoms with Crippen molar-refractivity contribution in [3.05, 3.63) is 64.6 Å². The minimum Gasteiger partial charge on any atom is -0.325 e. The minimum absolute atomic E-state index is 0.0582. The third kappa shape index (κ3) is 4.52. The Morgan fingerprint density at radius 1 is 1.00 bits per heavy atom. The maximum Gasteiger partial charge on any atom is 0.224 e. The van der Waals surface area contributed by atoms with E-state index in [-0.39, 0.29) is 5.91 Å². The Hall–Kier alpha value is -1.61. The molecule has 0 aliphatic heterocycles. The molecule has 0 saturated carbocycles. The van der Waals surface area contributed by atoms with Gasteiger partial charge in [0.2, 0.25) is 5.91 Å². The van der Waals surface area contributed by atoms with Gasteiger partial charge in [-0.25, -0.2) is 0 Å². The standard InChI is InChI=1S/C16H16BrNO/c17-14-10-4-5-11-15(14)18-16(19)12-6-9-13-7-2-1-3-8-13/h1-5,7-8,10-11H,6,9,12H2,(H,18,19). The SMILES string of the molecule is O=C(CCCc1ccccc1)Nc1ccccc1Br. The molecule has 98 valence electrons. The molecule has 2 rings (SSSR count). The molecule has 0 atom stereocenters. The normalized spacial score (nSPS) is 10.2. The molecule has 0 unspecified atom stereocenters. The Morgan fingerprint density at radius 2 is 1.68 bits per heavy atom. The molecule has 1 N–H and O–H groups in total. The summed E-state index contributed by atoms with van der Waals surface area (Å²) in [5.74, 6) is 0.0582. The largest absolute Gasteiger partial charge is 0.325 e. The number of benzene rings is 2. The van der Waals surface area contributed by atoms with Gasteiger partial charge in [-0.2, -0.15) is 0 Å². The number of carbonyl (C=O) groups excluding carboxylic acids is 1. The number of anilines is 1. The lowest BCUT2D eigenvalue weighted by Gasteiger charge is -2.07. The first kappa shape index (κ1) is 13.8. The van der Waals surface area contributed by atoms with Crippen molar-refractivity contribution < 1.29 is 4.79 Å². The highest BCUT2D eigenvalue weighted by molar-refractivity contribution is 9.10. The molecule has 0 radical (unpaired) electrons. The van der Waals surface area contributed by atoms with Crippen molar-refractivity contribution in [2.45, 2.75) is 19.3 Å². The van der Waals surface area contributed by atoms with Crippen molar-refractivity contribution in [3.63, 3.8) is 0 Å². The summed E-state index contributed by atoms with van der Waals surface area (Å²) in [5.41, 5.74) is 2.10. The molecule has 2 nitrogen and oxygen atoms in total. The Kier molecular flexibility index (Phi) is 5.16. The van der Waals surface area contributed by atoms with Gasteiger partial charge in [0.1, 0.15) is 0 Å². The summed E-state index contributed by atoms with van der Waals surface area (Å²) in [5, 5.41) is 2.91. The second kappa shape index (κ2) is 7.10. The van der Waals surface area contributed by atoms with E-state index in [9.17, 15) is 4.79 Å². The fraction of sp³-hybridized carbons (Fsp3) is 0.188. The summed E-state index contributed by atoms with van der Waals surface area (Å²) in [7, 11) is 0. The molecule has 0 bridgehead atoms. The van der Waals surface area contributed by atoms with E-state index in [1.54, 1.807) is 0 Å². The van der Waals surface area contributed by atoms with E-state index >= 15 is 0 Å². The number of halogens is 1. The average Bonchev–Trinajstić information content (AvgIpc) is 2.43. The Bertz CT molecular complexity index is 539. The maximum atomic E-state index is 11.8. The zero-order chi connectivity index (χ0) is 13.5. The zero-order valence-electron chi connectivity index (χ0n) is 10.6. The number of amides is 1. The molecule has 0 aromatic heterocycles. The van der Waals surface area contributed by atoms with Crippen LogP contribution in [0.3, 0.4) is 0 Å². The maximum absolute atomic E-state index is 11.8. The highest BCUT2D eigenvalue weighted by Crippen LogP contribution is 2.21. The highest BCUT2D eigenvalue weighted by Gasteiger charge is 2.04.